The van der Waals surface area contributed by atoms with Crippen molar-refractivity contribution in [2.24, 2.45) is 5.92 Å². The summed E-state index contributed by atoms with van der Waals surface area (Å²) in [4.78, 5) is 0. The van der Waals surface area contributed by atoms with E-state index in [1.165, 1.54) is 17.5 Å². The molecular formula is C16H25N. The second-order valence-corrected chi connectivity index (χ2v) is 6.73. The van der Waals surface area contributed by atoms with Gasteiger partial charge in [0.1, 0.15) is 0 Å². The summed E-state index contributed by atoms with van der Waals surface area (Å²) in [7, 11) is 0. The summed E-state index contributed by atoms with van der Waals surface area (Å²) in [6.45, 7) is 12.3. The van der Waals surface area contributed by atoms with Crippen LogP contribution in [0.3, 0.4) is 0 Å². The first kappa shape index (κ1) is 12.6. The minimum Gasteiger partial charge on any atom is -0.311 e. The van der Waals surface area contributed by atoms with Gasteiger partial charge in [0.25, 0.3) is 0 Å². The van der Waals surface area contributed by atoms with Crippen molar-refractivity contribution in [3.05, 3.63) is 35.4 Å². The van der Waals surface area contributed by atoms with Gasteiger partial charge < -0.3 is 5.32 Å². The molecule has 0 aliphatic heterocycles. The Hall–Kier alpha value is -0.820. The zero-order chi connectivity index (χ0) is 12.7. The van der Waals surface area contributed by atoms with Gasteiger partial charge in [0.15, 0.2) is 0 Å². The fourth-order valence-electron chi connectivity index (χ4n) is 2.55. The highest BCUT2D eigenvalue weighted by Gasteiger charge is 2.52. The summed E-state index contributed by atoms with van der Waals surface area (Å²) in [5.41, 5.74) is 3.45. The van der Waals surface area contributed by atoms with Crippen LogP contribution >= 0.6 is 0 Å². The second kappa shape index (κ2) is 4.13. The van der Waals surface area contributed by atoms with E-state index in [9.17, 15) is 0 Å². The van der Waals surface area contributed by atoms with Crippen molar-refractivity contribution in [3.8, 4) is 0 Å². The quantitative estimate of drug-likeness (QED) is 0.837. The van der Waals surface area contributed by atoms with Crippen LogP contribution in [0.5, 0.6) is 0 Å². The highest BCUT2D eigenvalue weighted by molar-refractivity contribution is 5.35. The van der Waals surface area contributed by atoms with E-state index in [1.54, 1.807) is 0 Å². The topological polar surface area (TPSA) is 12.0 Å². The molecule has 17 heavy (non-hydrogen) atoms. The Bertz CT molecular complexity index is 385. The third-order valence-electron chi connectivity index (χ3n) is 4.01. The summed E-state index contributed by atoms with van der Waals surface area (Å²) >= 11 is 0. The molecule has 1 nitrogen and oxygen atoms in total. The van der Waals surface area contributed by atoms with Gasteiger partial charge in [-0.25, -0.2) is 0 Å². The Morgan fingerprint density at radius 2 is 1.76 bits per heavy atom. The van der Waals surface area contributed by atoms with E-state index >= 15 is 0 Å². The van der Waals surface area contributed by atoms with Crippen LogP contribution in [0.15, 0.2) is 24.3 Å². The Kier molecular flexibility index (Phi) is 3.07. The van der Waals surface area contributed by atoms with Crippen LogP contribution in [0.4, 0.5) is 0 Å². The Morgan fingerprint density at radius 3 is 2.18 bits per heavy atom. The van der Waals surface area contributed by atoms with Crippen LogP contribution < -0.4 is 5.32 Å². The minimum atomic E-state index is 0.208. The summed E-state index contributed by atoms with van der Waals surface area (Å²) in [6, 6.07) is 9.09. The van der Waals surface area contributed by atoms with Crippen molar-refractivity contribution < 1.29 is 0 Å². The molecule has 1 saturated carbocycles. The molecule has 0 spiro atoms. The lowest BCUT2D eigenvalue weighted by molar-refractivity contribution is 0.392. The summed E-state index contributed by atoms with van der Waals surface area (Å²) in [6.07, 6.45) is 1.32. The molecule has 94 valence electrons. The summed E-state index contributed by atoms with van der Waals surface area (Å²) in [5.74, 6) is 0.806. The van der Waals surface area contributed by atoms with Crippen molar-refractivity contribution in [3.63, 3.8) is 0 Å². The SMILES string of the molecule is Cc1ccc(C2(CNC(C)(C)C)CC2C)cc1. The van der Waals surface area contributed by atoms with Crippen molar-refractivity contribution >= 4 is 0 Å². The van der Waals surface area contributed by atoms with Gasteiger partial charge in [0, 0.05) is 17.5 Å². The molecule has 1 heteroatoms. The molecule has 0 heterocycles. The lowest BCUT2D eigenvalue weighted by Crippen LogP contribution is -2.41. The molecule has 0 saturated heterocycles. The number of hydrogen-bond donors (Lipinski definition) is 1. The molecule has 1 aliphatic carbocycles. The predicted octanol–water partition coefficient (Wildman–Crippen LogP) is 3.66. The molecule has 1 aliphatic rings. The van der Waals surface area contributed by atoms with Crippen molar-refractivity contribution in [1.82, 2.24) is 5.32 Å². The van der Waals surface area contributed by atoms with Crippen LogP contribution in [0, 0.1) is 12.8 Å². The van der Waals surface area contributed by atoms with E-state index in [1.807, 2.05) is 0 Å². The van der Waals surface area contributed by atoms with E-state index in [0.29, 0.717) is 5.41 Å². The summed E-state index contributed by atoms with van der Waals surface area (Å²) in [5, 5.41) is 3.67. The number of nitrogens with one attached hydrogen (secondary N) is 1. The normalized spacial score (nSPS) is 28.2. The smallest absolute Gasteiger partial charge is 0.0107 e. The fraction of sp³-hybridized carbons (Fsp3) is 0.625. The average Bonchev–Trinajstić information content (AvgIpc) is 2.88. The Labute approximate surface area is 106 Å². The monoisotopic (exact) mass is 231 g/mol. The Morgan fingerprint density at radius 1 is 1.24 bits per heavy atom. The maximum Gasteiger partial charge on any atom is 0.0107 e. The molecule has 1 aromatic carbocycles. The van der Waals surface area contributed by atoms with Crippen LogP contribution in [-0.2, 0) is 5.41 Å². The van der Waals surface area contributed by atoms with E-state index in [0.717, 1.165) is 12.5 Å². The number of benzene rings is 1. The van der Waals surface area contributed by atoms with Gasteiger partial charge in [-0.15, -0.1) is 0 Å². The molecule has 1 N–H and O–H groups in total. The maximum absolute atomic E-state index is 3.67. The fourth-order valence-corrected chi connectivity index (χ4v) is 2.55. The van der Waals surface area contributed by atoms with E-state index in [-0.39, 0.29) is 5.54 Å². The highest BCUT2D eigenvalue weighted by atomic mass is 15.0. The van der Waals surface area contributed by atoms with Crippen LogP contribution in [0.2, 0.25) is 0 Å². The molecular weight excluding hydrogens is 206 g/mol. The van der Waals surface area contributed by atoms with Crippen molar-refractivity contribution in [2.45, 2.75) is 52.0 Å². The van der Waals surface area contributed by atoms with Crippen LogP contribution in [0.1, 0.15) is 45.2 Å². The number of hydrogen-bond acceptors (Lipinski definition) is 1. The van der Waals surface area contributed by atoms with Crippen molar-refractivity contribution in [2.75, 3.05) is 6.54 Å². The third-order valence-corrected chi connectivity index (χ3v) is 4.01. The van der Waals surface area contributed by atoms with E-state index in [2.05, 4.69) is 64.2 Å². The van der Waals surface area contributed by atoms with Gasteiger partial charge in [0.2, 0.25) is 0 Å². The van der Waals surface area contributed by atoms with Crippen LogP contribution in [-0.4, -0.2) is 12.1 Å². The number of aryl methyl sites for hydroxylation is 1. The maximum atomic E-state index is 3.67. The second-order valence-electron chi connectivity index (χ2n) is 6.73. The van der Waals surface area contributed by atoms with E-state index < -0.39 is 0 Å². The zero-order valence-electron chi connectivity index (χ0n) is 11.8. The molecule has 1 aromatic rings. The zero-order valence-corrected chi connectivity index (χ0v) is 11.8. The largest absolute Gasteiger partial charge is 0.311 e. The first-order chi connectivity index (χ1) is 7.83. The molecule has 2 unspecified atom stereocenters. The van der Waals surface area contributed by atoms with Crippen molar-refractivity contribution in [1.29, 1.82) is 0 Å². The first-order valence-electron chi connectivity index (χ1n) is 6.66. The molecule has 0 aromatic heterocycles. The van der Waals surface area contributed by atoms with Gasteiger partial charge in [-0.3, -0.25) is 0 Å². The standard InChI is InChI=1S/C16H25N/c1-12-6-8-14(9-7-12)16(10-13(16)2)11-17-15(3,4)5/h6-9,13,17H,10-11H2,1-5H3. The lowest BCUT2D eigenvalue weighted by Gasteiger charge is -2.26. The molecule has 1 fully saturated rings. The lowest BCUT2D eigenvalue weighted by atomic mass is 9.91. The minimum absolute atomic E-state index is 0.208. The molecule has 0 bridgehead atoms. The summed E-state index contributed by atoms with van der Waals surface area (Å²) < 4.78 is 0. The first-order valence-corrected chi connectivity index (χ1v) is 6.66. The van der Waals surface area contributed by atoms with E-state index in [4.69, 9.17) is 0 Å². The predicted molar refractivity (Wildman–Crippen MR) is 74.4 cm³/mol. The third kappa shape index (κ3) is 2.71. The number of rotatable bonds is 3. The molecule has 0 radical (unpaired) electrons. The van der Waals surface area contributed by atoms with Gasteiger partial charge in [-0.2, -0.15) is 0 Å². The highest BCUT2D eigenvalue weighted by Crippen LogP contribution is 2.53. The molecule has 2 rings (SSSR count). The van der Waals surface area contributed by atoms with Crippen LogP contribution in [0.25, 0.3) is 0 Å². The molecule has 2 atom stereocenters. The van der Waals surface area contributed by atoms with Gasteiger partial charge in [-0.1, -0.05) is 36.8 Å². The molecule has 0 amide bonds. The van der Waals surface area contributed by atoms with Gasteiger partial charge in [-0.05, 0) is 45.6 Å². The van der Waals surface area contributed by atoms with Gasteiger partial charge in [0.05, 0.1) is 0 Å². The average molecular weight is 231 g/mol. The van der Waals surface area contributed by atoms with Gasteiger partial charge >= 0.3 is 0 Å². The Balaban J connectivity index is 2.13.